The predicted octanol–water partition coefficient (Wildman–Crippen LogP) is 1.18. The van der Waals surface area contributed by atoms with Crippen LogP contribution in [0.2, 0.25) is 0 Å². The van der Waals surface area contributed by atoms with Gasteiger partial charge in [-0.15, -0.1) is 11.3 Å². The highest BCUT2D eigenvalue weighted by atomic mass is 79.9. The molecule has 0 spiro atoms. The minimum Gasteiger partial charge on any atom is -0.315 e. The van der Waals surface area contributed by atoms with Gasteiger partial charge in [-0.2, -0.15) is 4.31 Å². The van der Waals surface area contributed by atoms with Gasteiger partial charge in [0.25, 0.3) is 10.0 Å². The smallest absolute Gasteiger partial charge is 0.253 e. The van der Waals surface area contributed by atoms with Crippen LogP contribution in [0, 0.1) is 0 Å². The lowest BCUT2D eigenvalue weighted by Crippen LogP contribution is -2.52. The molecule has 2 saturated heterocycles. The van der Waals surface area contributed by atoms with Gasteiger partial charge in [-0.25, -0.2) is 8.42 Å². The summed E-state index contributed by atoms with van der Waals surface area (Å²) in [5, 5.41) is 5.17. The maximum Gasteiger partial charge on any atom is 0.253 e. The maximum absolute atomic E-state index is 12.6. The highest BCUT2D eigenvalue weighted by Gasteiger charge is 2.33. The number of nitrogens with one attached hydrogen (secondary N) is 1. The van der Waals surface area contributed by atoms with Crippen LogP contribution in [0.1, 0.15) is 6.42 Å². The van der Waals surface area contributed by atoms with E-state index in [9.17, 15) is 8.42 Å². The fourth-order valence-electron chi connectivity index (χ4n) is 2.84. The highest BCUT2D eigenvalue weighted by Crippen LogP contribution is 2.30. The topological polar surface area (TPSA) is 52.7 Å². The third kappa shape index (κ3) is 2.82. The molecule has 0 amide bonds. The Morgan fingerprint density at radius 1 is 1.30 bits per heavy atom. The molecule has 2 fully saturated rings. The molecule has 1 aromatic rings. The first-order valence-corrected chi connectivity index (χ1v) is 9.88. The lowest BCUT2D eigenvalue weighted by Gasteiger charge is -2.36. The first-order chi connectivity index (χ1) is 9.59. The van der Waals surface area contributed by atoms with E-state index >= 15 is 0 Å². The SMILES string of the molecule is O=S(=O)(c1sccc1Br)N1CCN(C2CCNC2)CC1. The van der Waals surface area contributed by atoms with Crippen molar-refractivity contribution >= 4 is 37.3 Å². The monoisotopic (exact) mass is 379 g/mol. The van der Waals surface area contributed by atoms with E-state index in [1.54, 1.807) is 15.8 Å². The van der Waals surface area contributed by atoms with E-state index in [2.05, 4.69) is 26.1 Å². The Kier molecular flexibility index (Phi) is 4.49. The van der Waals surface area contributed by atoms with Crippen molar-refractivity contribution in [1.29, 1.82) is 0 Å². The molecule has 0 aromatic carbocycles. The maximum atomic E-state index is 12.6. The second-order valence-corrected chi connectivity index (χ2v) is 9.05. The highest BCUT2D eigenvalue weighted by molar-refractivity contribution is 9.10. The molecule has 2 aliphatic rings. The van der Waals surface area contributed by atoms with Gasteiger partial charge in [0.05, 0.1) is 0 Å². The van der Waals surface area contributed by atoms with Gasteiger partial charge >= 0.3 is 0 Å². The molecule has 0 aliphatic carbocycles. The molecule has 0 bridgehead atoms. The zero-order valence-electron chi connectivity index (χ0n) is 11.1. The number of hydrogen-bond donors (Lipinski definition) is 1. The van der Waals surface area contributed by atoms with Gasteiger partial charge in [-0.1, -0.05) is 0 Å². The van der Waals surface area contributed by atoms with Crippen molar-refractivity contribution in [3.63, 3.8) is 0 Å². The van der Waals surface area contributed by atoms with Crippen molar-refractivity contribution in [3.05, 3.63) is 15.9 Å². The minimum atomic E-state index is -3.33. The number of piperazine rings is 1. The molecule has 20 heavy (non-hydrogen) atoms. The van der Waals surface area contributed by atoms with E-state index in [4.69, 9.17) is 0 Å². The van der Waals surface area contributed by atoms with Crippen LogP contribution in [0.4, 0.5) is 0 Å². The molecule has 8 heteroatoms. The first kappa shape index (κ1) is 14.9. The number of hydrogen-bond acceptors (Lipinski definition) is 5. The first-order valence-electron chi connectivity index (χ1n) is 6.77. The van der Waals surface area contributed by atoms with Crippen LogP contribution in [0.25, 0.3) is 0 Å². The quantitative estimate of drug-likeness (QED) is 0.856. The molecule has 1 unspecified atom stereocenters. The van der Waals surface area contributed by atoms with E-state index in [1.807, 2.05) is 0 Å². The number of thiophene rings is 1. The summed E-state index contributed by atoms with van der Waals surface area (Å²) >= 11 is 4.60. The molecule has 5 nitrogen and oxygen atoms in total. The van der Waals surface area contributed by atoms with E-state index in [0.717, 1.165) is 26.2 Å². The zero-order chi connectivity index (χ0) is 14.2. The lowest BCUT2D eigenvalue weighted by molar-refractivity contribution is 0.145. The second kappa shape index (κ2) is 6.02. The molecular formula is C12H18BrN3O2S2. The fraction of sp³-hybridized carbons (Fsp3) is 0.667. The molecule has 112 valence electrons. The second-order valence-electron chi connectivity index (χ2n) is 5.14. The Bertz CT molecular complexity index is 561. The molecular weight excluding hydrogens is 362 g/mol. The normalized spacial score (nSPS) is 26.1. The van der Waals surface area contributed by atoms with Crippen molar-refractivity contribution in [2.24, 2.45) is 0 Å². The summed E-state index contributed by atoms with van der Waals surface area (Å²) in [4.78, 5) is 2.41. The third-order valence-corrected chi connectivity index (χ3v) is 8.53. The van der Waals surface area contributed by atoms with Gasteiger partial charge < -0.3 is 5.32 Å². The molecule has 3 heterocycles. The Morgan fingerprint density at radius 3 is 2.60 bits per heavy atom. The van der Waals surface area contributed by atoms with Crippen LogP contribution in [-0.4, -0.2) is 62.9 Å². The van der Waals surface area contributed by atoms with E-state index in [0.29, 0.717) is 27.8 Å². The average molecular weight is 380 g/mol. The third-order valence-electron chi connectivity index (χ3n) is 3.98. The van der Waals surface area contributed by atoms with Crippen LogP contribution < -0.4 is 5.32 Å². The summed E-state index contributed by atoms with van der Waals surface area (Å²) in [5.41, 5.74) is 0. The van der Waals surface area contributed by atoms with Gasteiger partial charge in [0.15, 0.2) is 0 Å². The molecule has 0 radical (unpaired) electrons. The average Bonchev–Trinajstić information content (AvgIpc) is 3.10. The van der Waals surface area contributed by atoms with Gasteiger partial charge in [0, 0.05) is 43.2 Å². The van der Waals surface area contributed by atoms with Crippen molar-refractivity contribution in [1.82, 2.24) is 14.5 Å². The standard InChI is InChI=1S/C12H18BrN3O2S2/c13-11-2-8-19-12(11)20(17,18)16-6-4-15(5-7-16)10-1-3-14-9-10/h2,8,10,14H,1,3-7,9H2. The summed E-state index contributed by atoms with van der Waals surface area (Å²) in [7, 11) is -3.33. The predicted molar refractivity (Wildman–Crippen MR) is 83.6 cm³/mol. The fourth-order valence-corrected chi connectivity index (χ4v) is 6.71. The summed E-state index contributed by atoms with van der Waals surface area (Å²) < 4.78 is 27.9. The summed E-state index contributed by atoms with van der Waals surface area (Å²) in [5.74, 6) is 0. The minimum absolute atomic E-state index is 0.425. The molecule has 0 saturated carbocycles. The van der Waals surface area contributed by atoms with Crippen molar-refractivity contribution in [3.8, 4) is 0 Å². The van der Waals surface area contributed by atoms with Gasteiger partial charge in [0.2, 0.25) is 0 Å². The van der Waals surface area contributed by atoms with Crippen LogP contribution in [0.3, 0.4) is 0 Å². The molecule has 2 aliphatic heterocycles. The van der Waals surface area contributed by atoms with Crippen LogP contribution in [0.15, 0.2) is 20.1 Å². The Labute approximate surface area is 132 Å². The van der Waals surface area contributed by atoms with Crippen LogP contribution >= 0.6 is 27.3 Å². The van der Waals surface area contributed by atoms with Crippen LogP contribution in [0.5, 0.6) is 0 Å². The Balaban J connectivity index is 1.67. The van der Waals surface area contributed by atoms with Gasteiger partial charge in [-0.05, 0) is 40.3 Å². The zero-order valence-corrected chi connectivity index (χ0v) is 14.3. The summed E-state index contributed by atoms with van der Waals surface area (Å²) in [6.07, 6.45) is 1.17. The Morgan fingerprint density at radius 2 is 2.05 bits per heavy atom. The number of nitrogens with zero attached hydrogens (tertiary/aromatic N) is 2. The number of halogens is 1. The van der Waals surface area contributed by atoms with Crippen LogP contribution in [-0.2, 0) is 10.0 Å². The number of rotatable bonds is 3. The Hall–Kier alpha value is 0.01000. The van der Waals surface area contributed by atoms with E-state index in [1.165, 1.54) is 17.8 Å². The van der Waals surface area contributed by atoms with Crippen molar-refractivity contribution in [2.45, 2.75) is 16.7 Å². The molecule has 3 rings (SSSR count). The lowest BCUT2D eigenvalue weighted by atomic mass is 10.2. The largest absolute Gasteiger partial charge is 0.315 e. The van der Waals surface area contributed by atoms with E-state index in [-0.39, 0.29) is 0 Å². The van der Waals surface area contributed by atoms with E-state index < -0.39 is 10.0 Å². The molecule has 1 aromatic heterocycles. The summed E-state index contributed by atoms with van der Waals surface area (Å²) in [6, 6.07) is 2.37. The molecule has 1 atom stereocenters. The molecule has 1 N–H and O–H groups in total. The summed E-state index contributed by atoms with van der Waals surface area (Å²) in [6.45, 7) is 4.93. The number of sulfonamides is 1. The van der Waals surface area contributed by atoms with Crippen molar-refractivity contribution < 1.29 is 8.42 Å². The van der Waals surface area contributed by atoms with Gasteiger partial charge in [-0.3, -0.25) is 4.90 Å². The van der Waals surface area contributed by atoms with Crippen molar-refractivity contribution in [2.75, 3.05) is 39.3 Å². The van der Waals surface area contributed by atoms with Gasteiger partial charge in [0.1, 0.15) is 4.21 Å².